The molecule has 34 heavy (non-hydrogen) atoms. The van der Waals surface area contributed by atoms with Gasteiger partial charge in [0.1, 0.15) is 0 Å². The molecular formula is C29H36ClN3O. The molecule has 0 spiro atoms. The maximum atomic E-state index is 13.7. The first-order chi connectivity index (χ1) is 16.3. The summed E-state index contributed by atoms with van der Waals surface area (Å²) >= 11 is 6.50. The van der Waals surface area contributed by atoms with Gasteiger partial charge in [0.2, 0.25) is 0 Å². The number of nitrogen functional groups attached to an aromatic ring is 1. The molecule has 3 aromatic carbocycles. The molecule has 3 N–H and O–H groups in total. The van der Waals surface area contributed by atoms with Crippen LogP contribution in [0.3, 0.4) is 0 Å². The summed E-state index contributed by atoms with van der Waals surface area (Å²) in [4.78, 5) is 15.5. The summed E-state index contributed by atoms with van der Waals surface area (Å²) in [7, 11) is 0. The second-order valence-corrected chi connectivity index (χ2v) is 9.33. The van der Waals surface area contributed by atoms with E-state index >= 15 is 0 Å². The van der Waals surface area contributed by atoms with E-state index in [9.17, 15) is 4.79 Å². The van der Waals surface area contributed by atoms with E-state index in [-0.39, 0.29) is 6.03 Å². The topological polar surface area (TPSA) is 58.4 Å². The normalized spacial score (nSPS) is 11.0. The molecule has 4 nitrogen and oxygen atoms in total. The summed E-state index contributed by atoms with van der Waals surface area (Å²) < 4.78 is 0. The van der Waals surface area contributed by atoms with Crippen LogP contribution in [0.4, 0.5) is 21.9 Å². The summed E-state index contributed by atoms with van der Waals surface area (Å²) in [5.41, 5.74) is 13.8. The molecule has 0 aliphatic heterocycles. The van der Waals surface area contributed by atoms with Crippen LogP contribution in [0.5, 0.6) is 0 Å². The lowest BCUT2D eigenvalue weighted by atomic mass is 10.0. The summed E-state index contributed by atoms with van der Waals surface area (Å²) in [5, 5.41) is 3.74. The fraction of sp³-hybridized carbons (Fsp3) is 0.345. The third-order valence-electron chi connectivity index (χ3n) is 6.35. The molecule has 0 radical (unpaired) electrons. The van der Waals surface area contributed by atoms with Crippen LogP contribution in [-0.2, 0) is 25.8 Å². The predicted molar refractivity (Wildman–Crippen MR) is 146 cm³/mol. The monoisotopic (exact) mass is 477 g/mol. The van der Waals surface area contributed by atoms with Crippen molar-refractivity contribution in [3.63, 3.8) is 0 Å². The number of anilines is 3. The highest BCUT2D eigenvalue weighted by atomic mass is 35.5. The number of nitrogens with zero attached hydrogens (tertiary/aromatic N) is 1. The Bertz CT molecular complexity index is 1090. The van der Waals surface area contributed by atoms with Crippen LogP contribution >= 0.6 is 11.6 Å². The molecule has 0 aliphatic carbocycles. The Hall–Kier alpha value is -2.98. The van der Waals surface area contributed by atoms with E-state index in [0.717, 1.165) is 34.5 Å². The van der Waals surface area contributed by atoms with Crippen LogP contribution in [0.15, 0.2) is 54.6 Å². The lowest BCUT2D eigenvalue weighted by Crippen LogP contribution is -2.35. The van der Waals surface area contributed by atoms with Gasteiger partial charge in [-0.25, -0.2) is 4.79 Å². The molecular weight excluding hydrogens is 442 g/mol. The van der Waals surface area contributed by atoms with Crippen molar-refractivity contribution in [2.24, 2.45) is 0 Å². The minimum Gasteiger partial charge on any atom is -0.398 e. The van der Waals surface area contributed by atoms with Crippen molar-refractivity contribution in [1.82, 2.24) is 0 Å². The molecule has 0 saturated carbocycles. The lowest BCUT2D eigenvalue weighted by Gasteiger charge is -2.26. The number of nitrogens with two attached hydrogens (primary N) is 1. The third kappa shape index (κ3) is 5.74. The molecule has 0 aliphatic rings. The first kappa shape index (κ1) is 25.6. The van der Waals surface area contributed by atoms with Gasteiger partial charge in [0.05, 0.1) is 12.2 Å². The molecule has 3 aromatic rings. The fourth-order valence-electron chi connectivity index (χ4n) is 4.19. The van der Waals surface area contributed by atoms with E-state index < -0.39 is 0 Å². The summed E-state index contributed by atoms with van der Waals surface area (Å²) in [6.07, 6.45) is 2.38. The van der Waals surface area contributed by atoms with Gasteiger partial charge in [0.15, 0.2) is 0 Å². The predicted octanol–water partition coefficient (Wildman–Crippen LogP) is 7.97. The number of hydrogen-bond acceptors (Lipinski definition) is 2. The first-order valence-corrected chi connectivity index (χ1v) is 12.5. The standard InChI is InChI=1S/C29H36ClN3O/c1-6-20-9-11-21(12-10-20)18-33(23-15-13-22(14-16-23)19(4)5)29(34)32-28-24(7-2)26(30)17-27(31)25(28)8-3/h9-17,19H,6-8,18,31H2,1-5H3,(H,32,34). The number of carbonyl (C=O) groups excluding carboxylic acids is 1. The Balaban J connectivity index is 2.01. The van der Waals surface area contributed by atoms with Crippen LogP contribution in [0, 0.1) is 0 Å². The Morgan fingerprint density at radius 1 is 0.912 bits per heavy atom. The Morgan fingerprint density at radius 2 is 1.50 bits per heavy atom. The lowest BCUT2D eigenvalue weighted by molar-refractivity contribution is 0.256. The molecule has 180 valence electrons. The smallest absolute Gasteiger partial charge is 0.326 e. The van der Waals surface area contributed by atoms with Crippen molar-refractivity contribution >= 4 is 34.7 Å². The number of rotatable bonds is 8. The van der Waals surface area contributed by atoms with E-state index in [4.69, 9.17) is 17.3 Å². The third-order valence-corrected chi connectivity index (χ3v) is 6.69. The van der Waals surface area contributed by atoms with Crippen LogP contribution < -0.4 is 16.0 Å². The Kier molecular flexibility index (Phi) is 8.62. The van der Waals surface area contributed by atoms with Gasteiger partial charge < -0.3 is 11.1 Å². The maximum Gasteiger partial charge on any atom is 0.326 e. The van der Waals surface area contributed by atoms with Crippen LogP contribution in [0.1, 0.15) is 68.4 Å². The second-order valence-electron chi connectivity index (χ2n) is 8.92. The zero-order chi connectivity index (χ0) is 24.8. The highest BCUT2D eigenvalue weighted by Gasteiger charge is 2.21. The fourth-order valence-corrected chi connectivity index (χ4v) is 4.54. The summed E-state index contributed by atoms with van der Waals surface area (Å²) in [6.45, 7) is 11.0. The van der Waals surface area contributed by atoms with Crippen molar-refractivity contribution in [3.05, 3.63) is 87.4 Å². The van der Waals surface area contributed by atoms with E-state index in [0.29, 0.717) is 36.0 Å². The van der Waals surface area contributed by atoms with Gasteiger partial charge in [-0.15, -0.1) is 0 Å². The van der Waals surface area contributed by atoms with Crippen molar-refractivity contribution < 1.29 is 4.79 Å². The van der Waals surface area contributed by atoms with Gasteiger partial charge in [-0.3, -0.25) is 4.90 Å². The first-order valence-electron chi connectivity index (χ1n) is 12.1. The number of aryl methyl sites for hydroxylation is 1. The second kappa shape index (κ2) is 11.4. The largest absolute Gasteiger partial charge is 0.398 e. The molecule has 0 fully saturated rings. The molecule has 5 heteroatoms. The Morgan fingerprint density at radius 3 is 2.03 bits per heavy atom. The van der Waals surface area contributed by atoms with E-state index in [1.807, 2.05) is 26.0 Å². The molecule has 3 rings (SSSR count). The molecule has 0 heterocycles. The Labute approximate surface area is 209 Å². The van der Waals surface area contributed by atoms with E-state index in [2.05, 4.69) is 62.5 Å². The van der Waals surface area contributed by atoms with Crippen LogP contribution in [-0.4, -0.2) is 6.03 Å². The molecule has 0 unspecified atom stereocenters. The zero-order valence-electron chi connectivity index (χ0n) is 20.9. The van der Waals surface area contributed by atoms with Crippen molar-refractivity contribution in [1.29, 1.82) is 0 Å². The molecule has 0 atom stereocenters. The molecule has 0 bridgehead atoms. The maximum absolute atomic E-state index is 13.7. The number of amides is 2. The number of benzene rings is 3. The SMILES string of the molecule is CCc1ccc(CN(C(=O)Nc2c(CC)c(N)cc(Cl)c2CC)c2ccc(C(C)C)cc2)cc1. The zero-order valence-corrected chi connectivity index (χ0v) is 21.7. The molecule has 0 aromatic heterocycles. The number of urea groups is 1. The molecule has 0 saturated heterocycles. The highest BCUT2D eigenvalue weighted by molar-refractivity contribution is 6.32. The van der Waals surface area contributed by atoms with E-state index in [1.165, 1.54) is 11.1 Å². The number of carbonyl (C=O) groups is 1. The van der Waals surface area contributed by atoms with Gasteiger partial charge in [-0.1, -0.05) is 82.6 Å². The van der Waals surface area contributed by atoms with Crippen molar-refractivity contribution in [2.45, 2.75) is 66.3 Å². The van der Waals surface area contributed by atoms with Gasteiger partial charge in [0.25, 0.3) is 0 Å². The average Bonchev–Trinajstić information content (AvgIpc) is 2.83. The number of halogens is 1. The van der Waals surface area contributed by atoms with E-state index in [1.54, 1.807) is 11.0 Å². The van der Waals surface area contributed by atoms with Gasteiger partial charge in [0, 0.05) is 16.4 Å². The number of hydrogen-bond donors (Lipinski definition) is 2. The number of nitrogens with one attached hydrogen (secondary N) is 1. The quantitative estimate of drug-likeness (QED) is 0.323. The average molecular weight is 478 g/mol. The van der Waals surface area contributed by atoms with Crippen molar-refractivity contribution in [3.8, 4) is 0 Å². The summed E-state index contributed by atoms with van der Waals surface area (Å²) in [5.74, 6) is 0.423. The minimum atomic E-state index is -0.206. The van der Waals surface area contributed by atoms with Crippen LogP contribution in [0.2, 0.25) is 5.02 Å². The van der Waals surface area contributed by atoms with Gasteiger partial charge in [-0.2, -0.15) is 0 Å². The molecule has 2 amide bonds. The van der Waals surface area contributed by atoms with Gasteiger partial charge in [-0.05, 0) is 71.2 Å². The minimum absolute atomic E-state index is 0.206. The highest BCUT2D eigenvalue weighted by Crippen LogP contribution is 2.35. The van der Waals surface area contributed by atoms with Gasteiger partial charge >= 0.3 is 6.03 Å². The van der Waals surface area contributed by atoms with Crippen molar-refractivity contribution in [2.75, 3.05) is 16.0 Å². The van der Waals surface area contributed by atoms with Crippen LogP contribution in [0.25, 0.3) is 0 Å². The summed E-state index contributed by atoms with van der Waals surface area (Å²) in [6, 6.07) is 18.2.